The first-order chi connectivity index (χ1) is 16.6. The largest absolute Gasteiger partial charge is 0.486 e. The Bertz CT molecular complexity index is 1320. The fourth-order valence-electron chi connectivity index (χ4n) is 4.39. The summed E-state index contributed by atoms with van der Waals surface area (Å²) in [6, 6.07) is 14.9. The Kier molecular flexibility index (Phi) is 6.14. The second kappa shape index (κ2) is 9.52. The highest BCUT2D eigenvalue weighted by Crippen LogP contribution is 2.31. The molecule has 8 heteroatoms. The van der Waals surface area contributed by atoms with E-state index in [2.05, 4.69) is 15.3 Å². The standard InChI is InChI=1S/C26H27N5O3/c27-21-6-1-2-7-22(21)31-24-13-16(8-10-30-24)20-9-11-29-23-14-19(34-25(20)23)15-33-18-5-3-4-17(12-18)26(28)32/h3-5,8-14,21-22H,1-2,6-7,15,27H2,(H2,28,32)(H,30,31)/t21-,22+/m1/s1. The summed E-state index contributed by atoms with van der Waals surface area (Å²) in [6.07, 6.45) is 8.00. The third kappa shape index (κ3) is 4.72. The van der Waals surface area contributed by atoms with Gasteiger partial charge in [0.15, 0.2) is 5.58 Å². The van der Waals surface area contributed by atoms with Crippen LogP contribution in [0.2, 0.25) is 0 Å². The number of hydrogen-bond donors (Lipinski definition) is 3. The maximum absolute atomic E-state index is 11.4. The summed E-state index contributed by atoms with van der Waals surface area (Å²) in [4.78, 5) is 20.3. The smallest absolute Gasteiger partial charge is 0.248 e. The molecular weight excluding hydrogens is 430 g/mol. The molecule has 0 bridgehead atoms. The van der Waals surface area contributed by atoms with Gasteiger partial charge in [-0.3, -0.25) is 9.78 Å². The Morgan fingerprint density at radius 2 is 1.94 bits per heavy atom. The van der Waals surface area contributed by atoms with E-state index in [1.165, 1.54) is 12.8 Å². The van der Waals surface area contributed by atoms with Crippen molar-refractivity contribution in [2.75, 3.05) is 5.32 Å². The molecule has 0 aliphatic heterocycles. The van der Waals surface area contributed by atoms with E-state index in [1.807, 2.05) is 24.3 Å². The van der Waals surface area contributed by atoms with E-state index in [9.17, 15) is 4.79 Å². The Hall–Kier alpha value is -3.91. The van der Waals surface area contributed by atoms with Gasteiger partial charge < -0.3 is 25.9 Å². The quantitative estimate of drug-likeness (QED) is 0.378. The summed E-state index contributed by atoms with van der Waals surface area (Å²) in [5.41, 5.74) is 15.4. The Labute approximate surface area is 197 Å². The summed E-state index contributed by atoms with van der Waals surface area (Å²) in [5.74, 6) is 1.46. The number of aromatic nitrogens is 2. The number of nitrogens with one attached hydrogen (secondary N) is 1. The monoisotopic (exact) mass is 457 g/mol. The summed E-state index contributed by atoms with van der Waals surface area (Å²) in [6.45, 7) is 0.195. The molecule has 1 aliphatic rings. The van der Waals surface area contributed by atoms with Crippen LogP contribution in [0.4, 0.5) is 5.82 Å². The molecular formula is C26H27N5O3. The van der Waals surface area contributed by atoms with Crippen LogP contribution in [0.1, 0.15) is 41.8 Å². The van der Waals surface area contributed by atoms with Crippen molar-refractivity contribution in [3.8, 4) is 16.9 Å². The topological polar surface area (TPSA) is 129 Å². The van der Waals surface area contributed by atoms with Crippen molar-refractivity contribution < 1.29 is 13.9 Å². The Morgan fingerprint density at radius 3 is 2.79 bits per heavy atom. The predicted octanol–water partition coefficient (Wildman–Crippen LogP) is 4.25. The van der Waals surface area contributed by atoms with Gasteiger partial charge in [0.2, 0.25) is 5.91 Å². The number of furan rings is 1. The first kappa shape index (κ1) is 21.9. The van der Waals surface area contributed by atoms with Gasteiger partial charge in [0.05, 0.1) is 0 Å². The Morgan fingerprint density at radius 1 is 1.09 bits per heavy atom. The molecule has 8 nitrogen and oxygen atoms in total. The molecule has 1 aromatic carbocycles. The fourth-order valence-corrected chi connectivity index (χ4v) is 4.39. The van der Waals surface area contributed by atoms with Gasteiger partial charge in [-0.25, -0.2) is 4.98 Å². The zero-order valence-corrected chi connectivity index (χ0v) is 18.7. The number of benzene rings is 1. The number of anilines is 1. The summed E-state index contributed by atoms with van der Waals surface area (Å²) >= 11 is 0. The van der Waals surface area contributed by atoms with Crippen LogP contribution in [0, 0.1) is 0 Å². The van der Waals surface area contributed by atoms with Crippen LogP contribution in [-0.2, 0) is 6.61 Å². The van der Waals surface area contributed by atoms with Crippen molar-refractivity contribution in [2.24, 2.45) is 11.5 Å². The second-order valence-corrected chi connectivity index (χ2v) is 8.60. The van der Waals surface area contributed by atoms with Gasteiger partial charge in [-0.2, -0.15) is 0 Å². The minimum Gasteiger partial charge on any atom is -0.486 e. The number of carbonyl (C=O) groups is 1. The lowest BCUT2D eigenvalue weighted by Gasteiger charge is -2.29. The van der Waals surface area contributed by atoms with Gasteiger partial charge >= 0.3 is 0 Å². The predicted molar refractivity (Wildman–Crippen MR) is 130 cm³/mol. The van der Waals surface area contributed by atoms with Crippen LogP contribution in [0.5, 0.6) is 5.75 Å². The van der Waals surface area contributed by atoms with Crippen molar-refractivity contribution in [1.82, 2.24) is 9.97 Å². The molecule has 3 heterocycles. The maximum atomic E-state index is 11.4. The van der Waals surface area contributed by atoms with Gasteiger partial charge in [-0.1, -0.05) is 18.9 Å². The third-order valence-electron chi connectivity index (χ3n) is 6.19. The number of nitrogens with two attached hydrogens (primary N) is 2. The molecule has 34 heavy (non-hydrogen) atoms. The molecule has 174 valence electrons. The average molecular weight is 458 g/mol. The molecule has 3 aromatic heterocycles. The highest BCUT2D eigenvalue weighted by molar-refractivity contribution is 5.93. The van der Waals surface area contributed by atoms with Crippen LogP contribution in [-0.4, -0.2) is 28.0 Å². The number of primary amides is 1. The number of nitrogens with zero attached hydrogens (tertiary/aromatic N) is 2. The SMILES string of the molecule is NC(=O)c1cccc(OCc2cc3nccc(-c4ccnc(N[C@H]5CCCC[C@H]5N)c4)c3o2)c1. The second-order valence-electron chi connectivity index (χ2n) is 8.60. The molecule has 0 unspecified atom stereocenters. The van der Waals surface area contributed by atoms with Crippen molar-refractivity contribution in [2.45, 2.75) is 44.4 Å². The van der Waals surface area contributed by atoms with Gasteiger partial charge in [0, 0.05) is 41.7 Å². The molecule has 1 saturated carbocycles. The minimum absolute atomic E-state index is 0.142. The van der Waals surface area contributed by atoms with E-state index in [4.69, 9.17) is 20.6 Å². The zero-order chi connectivity index (χ0) is 23.5. The number of fused-ring (bicyclic) bond motifs is 1. The lowest BCUT2D eigenvalue weighted by molar-refractivity contribution is 0.1000. The van der Waals surface area contributed by atoms with E-state index in [0.717, 1.165) is 35.3 Å². The average Bonchev–Trinajstić information content (AvgIpc) is 3.28. The summed E-state index contributed by atoms with van der Waals surface area (Å²) in [5, 5.41) is 3.51. The molecule has 0 saturated heterocycles. The fraction of sp³-hybridized carbons (Fsp3) is 0.269. The van der Waals surface area contributed by atoms with Gasteiger partial charge in [-0.05, 0) is 54.8 Å². The van der Waals surface area contributed by atoms with E-state index in [0.29, 0.717) is 22.7 Å². The van der Waals surface area contributed by atoms with E-state index in [-0.39, 0.29) is 18.7 Å². The van der Waals surface area contributed by atoms with Crippen LogP contribution < -0.4 is 21.5 Å². The summed E-state index contributed by atoms with van der Waals surface area (Å²) in [7, 11) is 0. The molecule has 1 fully saturated rings. The van der Waals surface area contributed by atoms with E-state index in [1.54, 1.807) is 36.7 Å². The van der Waals surface area contributed by atoms with E-state index >= 15 is 0 Å². The first-order valence-corrected chi connectivity index (χ1v) is 11.5. The number of amides is 1. The molecule has 1 aliphatic carbocycles. The lowest BCUT2D eigenvalue weighted by atomic mass is 9.91. The molecule has 2 atom stereocenters. The number of carbonyl (C=O) groups excluding carboxylic acids is 1. The number of pyridine rings is 2. The van der Waals surface area contributed by atoms with Crippen LogP contribution in [0.25, 0.3) is 22.2 Å². The van der Waals surface area contributed by atoms with Crippen LogP contribution >= 0.6 is 0 Å². The maximum Gasteiger partial charge on any atom is 0.248 e. The molecule has 0 spiro atoms. The third-order valence-corrected chi connectivity index (χ3v) is 6.19. The van der Waals surface area contributed by atoms with E-state index < -0.39 is 5.91 Å². The van der Waals surface area contributed by atoms with Gasteiger partial charge in [0.1, 0.15) is 29.5 Å². The molecule has 4 aromatic rings. The van der Waals surface area contributed by atoms with Crippen molar-refractivity contribution in [3.05, 3.63) is 72.2 Å². The zero-order valence-electron chi connectivity index (χ0n) is 18.7. The molecule has 0 radical (unpaired) electrons. The highest BCUT2D eigenvalue weighted by Gasteiger charge is 2.22. The number of rotatable bonds is 7. The van der Waals surface area contributed by atoms with Crippen molar-refractivity contribution in [3.63, 3.8) is 0 Å². The summed E-state index contributed by atoms with van der Waals surface area (Å²) < 4.78 is 11.9. The van der Waals surface area contributed by atoms with Crippen molar-refractivity contribution >= 4 is 22.8 Å². The number of ether oxygens (including phenoxy) is 1. The number of hydrogen-bond acceptors (Lipinski definition) is 7. The van der Waals surface area contributed by atoms with Crippen molar-refractivity contribution in [1.29, 1.82) is 0 Å². The normalized spacial score (nSPS) is 18.0. The highest BCUT2D eigenvalue weighted by atomic mass is 16.5. The Balaban J connectivity index is 1.36. The molecule has 5 rings (SSSR count). The van der Waals surface area contributed by atoms with Gasteiger partial charge in [-0.15, -0.1) is 0 Å². The minimum atomic E-state index is -0.500. The van der Waals surface area contributed by atoms with Gasteiger partial charge in [0.25, 0.3) is 0 Å². The molecule has 1 amide bonds. The molecule has 5 N–H and O–H groups in total. The first-order valence-electron chi connectivity index (χ1n) is 11.5. The lowest BCUT2D eigenvalue weighted by Crippen LogP contribution is -2.42. The van der Waals surface area contributed by atoms with Crippen LogP contribution in [0.15, 0.2) is 65.3 Å². The van der Waals surface area contributed by atoms with Crippen LogP contribution in [0.3, 0.4) is 0 Å².